The van der Waals surface area contributed by atoms with Crippen molar-refractivity contribution in [3.05, 3.63) is 54.1 Å². The maximum Gasteiger partial charge on any atom is 0.255 e. The minimum atomic E-state index is -0.142. The predicted molar refractivity (Wildman–Crippen MR) is 94.1 cm³/mol. The molecule has 2 unspecified atom stereocenters. The number of methoxy groups -OCH3 is 1. The Hall–Kier alpha value is -2.33. The van der Waals surface area contributed by atoms with Gasteiger partial charge in [-0.25, -0.2) is 0 Å². The monoisotopic (exact) mass is 325 g/mol. The smallest absolute Gasteiger partial charge is 0.255 e. The molecule has 126 valence electrons. The minimum Gasteiger partial charge on any atom is -0.496 e. The van der Waals surface area contributed by atoms with Gasteiger partial charge < -0.3 is 15.2 Å². The van der Waals surface area contributed by atoms with Crippen molar-refractivity contribution in [3.8, 4) is 16.9 Å². The topological polar surface area (TPSA) is 58.6 Å². The molecule has 0 spiro atoms. The van der Waals surface area contributed by atoms with E-state index in [0.717, 1.165) is 30.4 Å². The summed E-state index contributed by atoms with van der Waals surface area (Å²) >= 11 is 0. The first-order chi connectivity index (χ1) is 11.7. The highest BCUT2D eigenvalue weighted by Crippen LogP contribution is 2.29. The quantitative estimate of drug-likeness (QED) is 0.887. The van der Waals surface area contributed by atoms with Crippen LogP contribution in [0.25, 0.3) is 11.1 Å². The first kappa shape index (κ1) is 16.5. The van der Waals surface area contributed by atoms with E-state index in [9.17, 15) is 9.90 Å². The van der Waals surface area contributed by atoms with Crippen molar-refractivity contribution in [3.63, 3.8) is 0 Å². The molecule has 0 aromatic heterocycles. The number of amides is 1. The average Bonchev–Trinajstić information content (AvgIpc) is 3.09. The second kappa shape index (κ2) is 7.49. The van der Waals surface area contributed by atoms with Crippen molar-refractivity contribution in [2.75, 3.05) is 13.7 Å². The molecule has 24 heavy (non-hydrogen) atoms. The van der Waals surface area contributed by atoms with Crippen molar-refractivity contribution >= 4 is 5.91 Å². The lowest BCUT2D eigenvalue weighted by Gasteiger charge is -2.20. The molecular weight excluding hydrogens is 302 g/mol. The molecular formula is C20H23NO3. The van der Waals surface area contributed by atoms with Gasteiger partial charge >= 0.3 is 0 Å². The molecule has 2 aromatic carbocycles. The highest BCUT2D eigenvalue weighted by atomic mass is 16.5. The molecule has 0 aliphatic heterocycles. The van der Waals surface area contributed by atoms with Crippen LogP contribution in [0, 0.1) is 5.92 Å². The number of nitrogens with one attached hydrogen (secondary N) is 1. The Balaban J connectivity index is 1.81. The number of carbonyl (C=O) groups is 1. The molecule has 1 aliphatic rings. The Morgan fingerprint density at radius 2 is 1.96 bits per heavy atom. The largest absolute Gasteiger partial charge is 0.496 e. The number of aliphatic hydroxyl groups excluding tert-OH is 1. The van der Waals surface area contributed by atoms with Gasteiger partial charge in [-0.05, 0) is 36.1 Å². The van der Waals surface area contributed by atoms with E-state index >= 15 is 0 Å². The van der Waals surface area contributed by atoms with Gasteiger partial charge in [0.05, 0.1) is 12.7 Å². The van der Waals surface area contributed by atoms with Crippen LogP contribution in [0.15, 0.2) is 48.5 Å². The number of aliphatic hydroxyl groups is 1. The van der Waals surface area contributed by atoms with Crippen LogP contribution in [0.4, 0.5) is 0 Å². The molecule has 0 heterocycles. The van der Waals surface area contributed by atoms with Crippen molar-refractivity contribution in [2.45, 2.75) is 25.3 Å². The molecule has 0 bridgehead atoms. The van der Waals surface area contributed by atoms with E-state index in [1.165, 1.54) is 0 Å². The van der Waals surface area contributed by atoms with Crippen LogP contribution in [0.3, 0.4) is 0 Å². The molecule has 2 aromatic rings. The highest BCUT2D eigenvalue weighted by molar-refractivity contribution is 5.97. The van der Waals surface area contributed by atoms with Crippen LogP contribution in [0.2, 0.25) is 0 Å². The summed E-state index contributed by atoms with van der Waals surface area (Å²) in [6, 6.07) is 15.7. The number of carbonyl (C=O) groups excluding carboxylic acids is 1. The fourth-order valence-electron chi connectivity index (χ4n) is 3.38. The number of hydrogen-bond acceptors (Lipinski definition) is 3. The first-order valence-corrected chi connectivity index (χ1v) is 8.38. The molecule has 2 N–H and O–H groups in total. The van der Waals surface area contributed by atoms with Crippen LogP contribution in [-0.4, -0.2) is 30.8 Å². The Morgan fingerprint density at radius 3 is 2.67 bits per heavy atom. The zero-order valence-corrected chi connectivity index (χ0v) is 13.9. The first-order valence-electron chi connectivity index (χ1n) is 8.38. The maximum absolute atomic E-state index is 12.6. The fraction of sp³-hybridized carbons (Fsp3) is 0.350. The number of ether oxygens (including phenoxy) is 1. The van der Waals surface area contributed by atoms with Crippen molar-refractivity contribution in [1.29, 1.82) is 0 Å². The van der Waals surface area contributed by atoms with Gasteiger partial charge in [-0.15, -0.1) is 0 Å². The number of hydrogen-bond donors (Lipinski definition) is 2. The summed E-state index contributed by atoms with van der Waals surface area (Å²) in [5.74, 6) is 0.577. The van der Waals surface area contributed by atoms with Crippen molar-refractivity contribution < 1.29 is 14.6 Å². The summed E-state index contributed by atoms with van der Waals surface area (Å²) in [7, 11) is 1.58. The van der Waals surface area contributed by atoms with Gasteiger partial charge in [-0.3, -0.25) is 4.79 Å². The molecule has 1 fully saturated rings. The van der Waals surface area contributed by atoms with Crippen LogP contribution in [0.5, 0.6) is 5.75 Å². The molecule has 4 heteroatoms. The third-order valence-electron chi connectivity index (χ3n) is 4.76. The van der Waals surface area contributed by atoms with E-state index in [4.69, 9.17) is 4.74 Å². The third kappa shape index (κ3) is 3.44. The van der Waals surface area contributed by atoms with Crippen molar-refractivity contribution in [1.82, 2.24) is 5.32 Å². The van der Waals surface area contributed by atoms with Gasteiger partial charge in [-0.1, -0.05) is 42.8 Å². The summed E-state index contributed by atoms with van der Waals surface area (Å²) in [5, 5.41) is 12.5. The average molecular weight is 325 g/mol. The third-order valence-corrected chi connectivity index (χ3v) is 4.76. The van der Waals surface area contributed by atoms with Crippen LogP contribution in [0.1, 0.15) is 29.6 Å². The summed E-state index contributed by atoms with van der Waals surface area (Å²) in [6.45, 7) is 0.120. The van der Waals surface area contributed by atoms with E-state index in [1.807, 2.05) is 42.5 Å². The minimum absolute atomic E-state index is 0.0426. The lowest BCUT2D eigenvalue weighted by molar-refractivity contribution is 0.0913. The van der Waals surface area contributed by atoms with Crippen molar-refractivity contribution in [2.24, 2.45) is 5.92 Å². The van der Waals surface area contributed by atoms with Crippen LogP contribution in [-0.2, 0) is 0 Å². The van der Waals surface area contributed by atoms with Gasteiger partial charge in [0.1, 0.15) is 5.75 Å². The van der Waals surface area contributed by atoms with Gasteiger partial charge in [-0.2, -0.15) is 0 Å². The van der Waals surface area contributed by atoms with E-state index < -0.39 is 0 Å². The summed E-state index contributed by atoms with van der Waals surface area (Å²) in [4.78, 5) is 12.6. The molecule has 3 rings (SSSR count). The zero-order valence-electron chi connectivity index (χ0n) is 13.9. The molecule has 0 saturated heterocycles. The van der Waals surface area contributed by atoms with Gasteiger partial charge in [0.2, 0.25) is 0 Å². The molecule has 2 atom stereocenters. The van der Waals surface area contributed by atoms with E-state index in [1.54, 1.807) is 13.2 Å². The lowest BCUT2D eigenvalue weighted by atomic mass is 10.0. The van der Waals surface area contributed by atoms with E-state index in [-0.39, 0.29) is 24.5 Å². The summed E-state index contributed by atoms with van der Waals surface area (Å²) in [5.41, 5.74) is 2.62. The standard InChI is InChI=1S/C20H23NO3/c1-24-19-12-15(14-6-3-2-4-7-14)10-11-17(19)20(23)21-18-9-5-8-16(18)13-22/h2-4,6-7,10-12,16,18,22H,5,8-9,13H2,1H3,(H,21,23). The Labute approximate surface area is 142 Å². The summed E-state index contributed by atoms with van der Waals surface area (Å²) < 4.78 is 5.44. The molecule has 1 aliphatic carbocycles. The number of rotatable bonds is 5. The normalized spacial score (nSPS) is 19.9. The Bertz CT molecular complexity index is 699. The SMILES string of the molecule is COc1cc(-c2ccccc2)ccc1C(=O)NC1CCCC1CO. The second-order valence-electron chi connectivity index (χ2n) is 6.23. The van der Waals surface area contributed by atoms with Gasteiger partial charge in [0, 0.05) is 18.6 Å². The maximum atomic E-state index is 12.6. The highest BCUT2D eigenvalue weighted by Gasteiger charge is 2.28. The summed E-state index contributed by atoms with van der Waals surface area (Å²) in [6.07, 6.45) is 2.92. The van der Waals surface area contributed by atoms with Gasteiger partial charge in [0.15, 0.2) is 0 Å². The zero-order chi connectivity index (χ0) is 16.9. The van der Waals surface area contributed by atoms with E-state index in [2.05, 4.69) is 5.32 Å². The molecule has 1 saturated carbocycles. The molecule has 4 nitrogen and oxygen atoms in total. The Morgan fingerprint density at radius 1 is 1.17 bits per heavy atom. The molecule has 0 radical (unpaired) electrons. The molecule has 1 amide bonds. The lowest BCUT2D eigenvalue weighted by Crippen LogP contribution is -2.38. The fourth-order valence-corrected chi connectivity index (χ4v) is 3.38. The predicted octanol–water partition coefficient (Wildman–Crippen LogP) is 3.25. The van der Waals surface area contributed by atoms with Crippen LogP contribution >= 0.6 is 0 Å². The van der Waals surface area contributed by atoms with Crippen LogP contribution < -0.4 is 10.1 Å². The van der Waals surface area contributed by atoms with Gasteiger partial charge in [0.25, 0.3) is 5.91 Å². The van der Waals surface area contributed by atoms with E-state index in [0.29, 0.717) is 11.3 Å². The second-order valence-corrected chi connectivity index (χ2v) is 6.23. The Kier molecular flexibility index (Phi) is 5.16. The number of benzene rings is 2.